The molecule has 0 aromatic heterocycles. The molecule has 0 saturated carbocycles. The molecule has 0 heterocycles. The molecule has 0 atom stereocenters. The van der Waals surface area contributed by atoms with E-state index in [0.29, 0.717) is 0 Å². The van der Waals surface area contributed by atoms with Gasteiger partial charge in [0.25, 0.3) is 15.9 Å². The highest BCUT2D eigenvalue weighted by Gasteiger charge is 2.22. The van der Waals surface area contributed by atoms with Crippen LogP contribution in [0.5, 0.6) is 0 Å². The summed E-state index contributed by atoms with van der Waals surface area (Å²) in [6.45, 7) is 0.669. The second kappa shape index (κ2) is 9.97. The number of sulfonamides is 1. The zero-order chi connectivity index (χ0) is 24.2. The minimum absolute atomic E-state index is 0.104. The number of hydrogen-bond acceptors (Lipinski definition) is 5. The van der Waals surface area contributed by atoms with Crippen molar-refractivity contribution >= 4 is 44.9 Å². The number of anilines is 2. The van der Waals surface area contributed by atoms with Crippen LogP contribution in [0, 0.1) is 18.6 Å². The van der Waals surface area contributed by atoms with Crippen LogP contribution in [0.4, 0.5) is 20.2 Å². The summed E-state index contributed by atoms with van der Waals surface area (Å²) in [6.07, 6.45) is 0. The fourth-order valence-corrected chi connectivity index (χ4v) is 4.33. The van der Waals surface area contributed by atoms with E-state index in [0.717, 1.165) is 24.3 Å². The fraction of sp³-hybridized carbons (Fsp3) is 0.0909. The number of ether oxygens (including phenoxy) is 1. The normalized spacial score (nSPS) is 11.0. The molecule has 11 heteroatoms. The Hall–Kier alpha value is -3.50. The van der Waals surface area contributed by atoms with E-state index in [1.165, 1.54) is 43.3 Å². The molecular formula is C22H17ClF2N2O5S. The minimum Gasteiger partial charge on any atom is -0.452 e. The number of halogens is 3. The zero-order valence-corrected chi connectivity index (χ0v) is 18.6. The molecule has 172 valence electrons. The van der Waals surface area contributed by atoms with Crippen LogP contribution in [-0.4, -0.2) is 26.9 Å². The summed E-state index contributed by atoms with van der Waals surface area (Å²) in [5.74, 6) is -3.14. The van der Waals surface area contributed by atoms with Crippen LogP contribution in [0.2, 0.25) is 5.02 Å². The Balaban J connectivity index is 1.72. The second-order valence-corrected chi connectivity index (χ2v) is 8.90. The van der Waals surface area contributed by atoms with Crippen molar-refractivity contribution in [2.75, 3.05) is 16.6 Å². The molecular weight excluding hydrogens is 478 g/mol. The number of carbonyl (C=O) groups excluding carboxylic acids is 2. The van der Waals surface area contributed by atoms with Crippen LogP contribution >= 0.6 is 11.6 Å². The Morgan fingerprint density at radius 3 is 2.45 bits per heavy atom. The molecule has 7 nitrogen and oxygen atoms in total. The third kappa shape index (κ3) is 6.05. The predicted molar refractivity (Wildman–Crippen MR) is 119 cm³/mol. The number of hydrogen-bond donors (Lipinski definition) is 2. The Bertz CT molecular complexity index is 1330. The van der Waals surface area contributed by atoms with Crippen molar-refractivity contribution in [3.8, 4) is 0 Å². The molecule has 3 aromatic rings. The highest BCUT2D eigenvalue weighted by Crippen LogP contribution is 2.24. The van der Waals surface area contributed by atoms with Gasteiger partial charge in [0.15, 0.2) is 6.61 Å². The lowest BCUT2D eigenvalue weighted by atomic mass is 10.2. The van der Waals surface area contributed by atoms with E-state index in [-0.39, 0.29) is 32.4 Å². The number of benzene rings is 3. The Kier molecular flexibility index (Phi) is 7.29. The van der Waals surface area contributed by atoms with Gasteiger partial charge in [-0.3, -0.25) is 9.52 Å². The van der Waals surface area contributed by atoms with Crippen LogP contribution in [0.15, 0.2) is 65.6 Å². The number of amides is 1. The van der Waals surface area contributed by atoms with Crippen LogP contribution in [0.25, 0.3) is 0 Å². The van der Waals surface area contributed by atoms with Crippen LogP contribution in [0.3, 0.4) is 0 Å². The lowest BCUT2D eigenvalue weighted by Gasteiger charge is -2.14. The van der Waals surface area contributed by atoms with Gasteiger partial charge in [-0.25, -0.2) is 22.0 Å². The molecule has 0 aliphatic rings. The standard InChI is InChI=1S/C22H17ClF2N2O5S/c1-13-10-15(24)7-9-20(13)33(30,31)27-18-5-3-2-4-16(18)22(29)32-12-21(28)26-19-11-14(23)6-8-17(19)25/h2-11,27H,12H2,1H3,(H,26,28). The molecule has 0 radical (unpaired) electrons. The van der Waals surface area contributed by atoms with Crippen molar-refractivity contribution in [2.24, 2.45) is 0 Å². The summed E-state index contributed by atoms with van der Waals surface area (Å²) in [5.41, 5.74) is -0.283. The number of para-hydroxylation sites is 1. The molecule has 0 spiro atoms. The first-order valence-electron chi connectivity index (χ1n) is 9.37. The Morgan fingerprint density at radius 1 is 1.00 bits per heavy atom. The summed E-state index contributed by atoms with van der Waals surface area (Å²) in [4.78, 5) is 24.4. The van der Waals surface area contributed by atoms with Crippen LogP contribution in [-0.2, 0) is 19.6 Å². The van der Waals surface area contributed by atoms with Gasteiger partial charge in [0.2, 0.25) is 0 Å². The number of esters is 1. The van der Waals surface area contributed by atoms with Crippen molar-refractivity contribution in [3.05, 3.63) is 88.4 Å². The zero-order valence-electron chi connectivity index (χ0n) is 17.1. The van der Waals surface area contributed by atoms with Gasteiger partial charge in [0.05, 0.1) is 21.8 Å². The van der Waals surface area contributed by atoms with Gasteiger partial charge in [-0.1, -0.05) is 23.7 Å². The van der Waals surface area contributed by atoms with E-state index in [4.69, 9.17) is 16.3 Å². The van der Waals surface area contributed by atoms with Gasteiger partial charge < -0.3 is 10.1 Å². The third-order valence-electron chi connectivity index (χ3n) is 4.35. The third-order valence-corrected chi connectivity index (χ3v) is 6.12. The number of carbonyl (C=O) groups is 2. The van der Waals surface area contributed by atoms with E-state index < -0.39 is 40.1 Å². The Morgan fingerprint density at radius 2 is 1.73 bits per heavy atom. The maximum absolute atomic E-state index is 13.7. The van der Waals surface area contributed by atoms with Gasteiger partial charge in [0.1, 0.15) is 11.6 Å². The maximum Gasteiger partial charge on any atom is 0.340 e. The molecule has 0 bridgehead atoms. The number of aryl methyl sites for hydroxylation is 1. The highest BCUT2D eigenvalue weighted by atomic mass is 35.5. The Labute approximate surface area is 193 Å². The largest absolute Gasteiger partial charge is 0.452 e. The first-order valence-corrected chi connectivity index (χ1v) is 11.2. The molecule has 0 aliphatic heterocycles. The average Bonchev–Trinajstić information content (AvgIpc) is 2.74. The van der Waals surface area contributed by atoms with Crippen molar-refractivity contribution in [1.82, 2.24) is 0 Å². The van der Waals surface area contributed by atoms with E-state index in [9.17, 15) is 26.8 Å². The van der Waals surface area contributed by atoms with Gasteiger partial charge >= 0.3 is 5.97 Å². The molecule has 0 saturated heterocycles. The van der Waals surface area contributed by atoms with E-state index in [1.54, 1.807) is 0 Å². The fourth-order valence-electron chi connectivity index (χ4n) is 2.85. The molecule has 1 amide bonds. The average molecular weight is 495 g/mol. The van der Waals surface area contributed by atoms with Gasteiger partial charge in [0, 0.05) is 5.02 Å². The molecule has 3 rings (SSSR count). The van der Waals surface area contributed by atoms with Gasteiger partial charge in [-0.15, -0.1) is 0 Å². The molecule has 3 aromatic carbocycles. The summed E-state index contributed by atoms with van der Waals surface area (Å²) >= 11 is 5.76. The van der Waals surface area contributed by atoms with Gasteiger partial charge in [-0.05, 0) is 61.0 Å². The SMILES string of the molecule is Cc1cc(F)ccc1S(=O)(=O)Nc1ccccc1C(=O)OCC(=O)Nc1cc(Cl)ccc1F. The summed E-state index contributed by atoms with van der Waals surface area (Å²) in [6, 6.07) is 12.3. The van der Waals surface area contributed by atoms with Crippen molar-refractivity contribution in [2.45, 2.75) is 11.8 Å². The van der Waals surface area contributed by atoms with Gasteiger partial charge in [-0.2, -0.15) is 0 Å². The number of rotatable bonds is 7. The summed E-state index contributed by atoms with van der Waals surface area (Å²) in [7, 11) is -4.16. The lowest BCUT2D eigenvalue weighted by Crippen LogP contribution is -2.22. The number of nitrogens with one attached hydrogen (secondary N) is 2. The van der Waals surface area contributed by atoms with Crippen LogP contribution < -0.4 is 10.0 Å². The molecule has 33 heavy (non-hydrogen) atoms. The summed E-state index contributed by atoms with van der Waals surface area (Å²) in [5, 5.41) is 2.42. The smallest absolute Gasteiger partial charge is 0.340 e. The second-order valence-electron chi connectivity index (χ2n) is 6.81. The van der Waals surface area contributed by atoms with Crippen LogP contribution in [0.1, 0.15) is 15.9 Å². The van der Waals surface area contributed by atoms with E-state index >= 15 is 0 Å². The minimum atomic E-state index is -4.16. The van der Waals surface area contributed by atoms with E-state index in [1.807, 2.05) is 0 Å². The van der Waals surface area contributed by atoms with Crippen molar-refractivity contribution in [3.63, 3.8) is 0 Å². The first-order chi connectivity index (χ1) is 15.6. The first kappa shape index (κ1) is 24.1. The maximum atomic E-state index is 13.7. The molecule has 0 unspecified atom stereocenters. The van der Waals surface area contributed by atoms with Crippen molar-refractivity contribution in [1.29, 1.82) is 0 Å². The van der Waals surface area contributed by atoms with Crippen molar-refractivity contribution < 1.29 is 31.5 Å². The quantitative estimate of drug-likeness (QED) is 0.470. The monoisotopic (exact) mass is 494 g/mol. The summed E-state index contributed by atoms with van der Waals surface area (Å²) < 4.78 is 59.7. The lowest BCUT2D eigenvalue weighted by molar-refractivity contribution is -0.119. The van der Waals surface area contributed by atoms with E-state index in [2.05, 4.69) is 10.0 Å². The molecule has 2 N–H and O–H groups in total. The molecule has 0 aliphatic carbocycles. The molecule has 0 fully saturated rings. The topological polar surface area (TPSA) is 102 Å². The predicted octanol–water partition coefficient (Wildman–Crippen LogP) is 4.52. The highest BCUT2D eigenvalue weighted by molar-refractivity contribution is 7.92.